The summed E-state index contributed by atoms with van der Waals surface area (Å²) < 4.78 is 5.68. The molecule has 1 saturated carbocycles. The van der Waals surface area contributed by atoms with Crippen molar-refractivity contribution >= 4 is 5.91 Å². The van der Waals surface area contributed by atoms with E-state index in [1.54, 1.807) is 0 Å². The van der Waals surface area contributed by atoms with Gasteiger partial charge in [-0.1, -0.05) is 13.8 Å². The quantitative estimate of drug-likeness (QED) is 0.773. The predicted octanol–water partition coefficient (Wildman–Crippen LogP) is 2.72. The van der Waals surface area contributed by atoms with Crippen molar-refractivity contribution in [2.24, 2.45) is 11.7 Å². The summed E-state index contributed by atoms with van der Waals surface area (Å²) in [6.45, 7) is 5.33. The first-order valence-corrected chi connectivity index (χ1v) is 7.88. The van der Waals surface area contributed by atoms with Crippen molar-refractivity contribution in [3.8, 4) is 5.75 Å². The van der Waals surface area contributed by atoms with Gasteiger partial charge < -0.3 is 15.8 Å². The Morgan fingerprint density at radius 3 is 2.38 bits per heavy atom. The molecule has 1 aromatic carbocycles. The normalized spacial score (nSPS) is 14.8. The van der Waals surface area contributed by atoms with Crippen molar-refractivity contribution in [2.75, 3.05) is 13.2 Å². The highest BCUT2D eigenvalue weighted by atomic mass is 16.5. The maximum atomic E-state index is 12.3. The lowest BCUT2D eigenvalue weighted by Crippen LogP contribution is -2.52. The van der Waals surface area contributed by atoms with Crippen LogP contribution in [-0.2, 0) is 0 Å². The van der Waals surface area contributed by atoms with Gasteiger partial charge in [0.15, 0.2) is 0 Å². The Bertz CT molecular complexity index is 454. The number of benzene rings is 1. The molecule has 0 radical (unpaired) electrons. The predicted molar refractivity (Wildman–Crippen MR) is 84.5 cm³/mol. The number of carbonyl (C=O) groups is 1. The smallest absolute Gasteiger partial charge is 0.251 e. The summed E-state index contributed by atoms with van der Waals surface area (Å²) in [4.78, 5) is 12.3. The molecule has 1 aromatic rings. The van der Waals surface area contributed by atoms with Crippen molar-refractivity contribution in [2.45, 2.75) is 45.1 Å². The molecule has 0 aromatic heterocycles. The molecule has 0 unspecified atom stereocenters. The number of hydrogen-bond acceptors (Lipinski definition) is 3. The molecule has 1 aliphatic carbocycles. The molecular weight excluding hydrogens is 264 g/mol. The zero-order valence-electron chi connectivity index (χ0n) is 13.0. The van der Waals surface area contributed by atoms with Gasteiger partial charge in [-0.15, -0.1) is 0 Å². The number of hydrogen-bond donors (Lipinski definition) is 2. The first-order valence-electron chi connectivity index (χ1n) is 7.88. The van der Waals surface area contributed by atoms with Crippen molar-refractivity contribution in [1.29, 1.82) is 0 Å². The molecule has 21 heavy (non-hydrogen) atoms. The Morgan fingerprint density at radius 2 is 1.90 bits per heavy atom. The van der Waals surface area contributed by atoms with Gasteiger partial charge in [-0.2, -0.15) is 0 Å². The third-order valence-electron chi connectivity index (χ3n) is 4.42. The van der Waals surface area contributed by atoms with Crippen LogP contribution in [0.1, 0.15) is 49.9 Å². The van der Waals surface area contributed by atoms with Gasteiger partial charge in [-0.3, -0.25) is 4.79 Å². The molecule has 2 rings (SSSR count). The van der Waals surface area contributed by atoms with Crippen LogP contribution in [0.25, 0.3) is 0 Å². The second-order valence-electron chi connectivity index (χ2n) is 5.92. The first-order chi connectivity index (χ1) is 10.1. The van der Waals surface area contributed by atoms with E-state index >= 15 is 0 Å². The average molecular weight is 290 g/mol. The number of nitrogens with one attached hydrogen (secondary N) is 1. The van der Waals surface area contributed by atoms with Crippen LogP contribution in [0, 0.1) is 5.92 Å². The van der Waals surface area contributed by atoms with Gasteiger partial charge in [0, 0.05) is 12.1 Å². The second kappa shape index (κ2) is 6.94. The van der Waals surface area contributed by atoms with E-state index in [1.807, 2.05) is 38.1 Å². The standard InChI is InChI=1S/C17H26N2O2/c1-3-17(4-2,12-18)19-16(20)14-7-9-15(10-8-14)21-11-13-5-6-13/h7-10,13H,3-6,11-12,18H2,1-2H3,(H,19,20). The van der Waals surface area contributed by atoms with Crippen molar-refractivity contribution in [3.63, 3.8) is 0 Å². The molecule has 116 valence electrons. The molecular formula is C17H26N2O2. The molecule has 4 nitrogen and oxygen atoms in total. The van der Waals surface area contributed by atoms with E-state index in [2.05, 4.69) is 5.32 Å². The van der Waals surface area contributed by atoms with Gasteiger partial charge in [0.05, 0.1) is 12.1 Å². The molecule has 1 amide bonds. The minimum absolute atomic E-state index is 0.0714. The number of ether oxygens (including phenoxy) is 1. The van der Waals surface area contributed by atoms with E-state index in [9.17, 15) is 4.79 Å². The van der Waals surface area contributed by atoms with Crippen LogP contribution in [0.4, 0.5) is 0 Å². The Kier molecular flexibility index (Phi) is 5.23. The zero-order valence-corrected chi connectivity index (χ0v) is 13.0. The number of rotatable bonds is 8. The molecule has 3 N–H and O–H groups in total. The van der Waals surface area contributed by atoms with E-state index in [0.717, 1.165) is 31.1 Å². The summed E-state index contributed by atoms with van der Waals surface area (Å²) in [5.41, 5.74) is 6.16. The molecule has 0 aliphatic heterocycles. The first kappa shape index (κ1) is 15.8. The topological polar surface area (TPSA) is 64.3 Å². The van der Waals surface area contributed by atoms with Gasteiger partial charge in [0.25, 0.3) is 5.91 Å². The largest absolute Gasteiger partial charge is 0.493 e. The number of amides is 1. The molecule has 0 saturated heterocycles. The number of carbonyl (C=O) groups excluding carboxylic acids is 1. The zero-order chi connectivity index (χ0) is 15.3. The van der Waals surface area contributed by atoms with Crippen molar-refractivity contribution in [3.05, 3.63) is 29.8 Å². The van der Waals surface area contributed by atoms with Crippen LogP contribution in [0.3, 0.4) is 0 Å². The molecule has 1 fully saturated rings. The molecule has 1 aliphatic rings. The van der Waals surface area contributed by atoms with Gasteiger partial charge >= 0.3 is 0 Å². The second-order valence-corrected chi connectivity index (χ2v) is 5.92. The van der Waals surface area contributed by atoms with Crippen LogP contribution in [0.5, 0.6) is 5.75 Å². The Balaban J connectivity index is 1.95. The van der Waals surface area contributed by atoms with E-state index < -0.39 is 0 Å². The highest BCUT2D eigenvalue weighted by Gasteiger charge is 2.26. The third kappa shape index (κ3) is 4.21. The summed E-state index contributed by atoms with van der Waals surface area (Å²) in [5, 5.41) is 3.07. The fourth-order valence-corrected chi connectivity index (χ4v) is 2.28. The van der Waals surface area contributed by atoms with Crippen LogP contribution in [0.15, 0.2) is 24.3 Å². The third-order valence-corrected chi connectivity index (χ3v) is 4.42. The molecule has 0 spiro atoms. The minimum atomic E-state index is -0.307. The molecule has 0 heterocycles. The van der Waals surface area contributed by atoms with Gasteiger partial charge in [-0.25, -0.2) is 0 Å². The summed E-state index contributed by atoms with van der Waals surface area (Å²) in [6, 6.07) is 7.34. The summed E-state index contributed by atoms with van der Waals surface area (Å²) in [5.74, 6) is 1.49. The summed E-state index contributed by atoms with van der Waals surface area (Å²) in [6.07, 6.45) is 4.20. The van der Waals surface area contributed by atoms with Crippen LogP contribution < -0.4 is 15.8 Å². The maximum Gasteiger partial charge on any atom is 0.251 e. The van der Waals surface area contributed by atoms with Gasteiger partial charge in [-0.05, 0) is 55.9 Å². The van der Waals surface area contributed by atoms with Crippen molar-refractivity contribution < 1.29 is 9.53 Å². The highest BCUT2D eigenvalue weighted by molar-refractivity contribution is 5.94. The monoisotopic (exact) mass is 290 g/mol. The Labute approximate surface area is 127 Å². The van der Waals surface area contributed by atoms with Gasteiger partial charge in [0.1, 0.15) is 5.75 Å². The lowest BCUT2D eigenvalue weighted by Gasteiger charge is -2.31. The maximum absolute atomic E-state index is 12.3. The summed E-state index contributed by atoms with van der Waals surface area (Å²) >= 11 is 0. The van der Waals surface area contributed by atoms with Crippen LogP contribution in [0.2, 0.25) is 0 Å². The van der Waals surface area contributed by atoms with Gasteiger partial charge in [0.2, 0.25) is 0 Å². The fourth-order valence-electron chi connectivity index (χ4n) is 2.28. The minimum Gasteiger partial charge on any atom is -0.493 e. The van der Waals surface area contributed by atoms with Crippen molar-refractivity contribution in [1.82, 2.24) is 5.32 Å². The summed E-state index contributed by atoms with van der Waals surface area (Å²) in [7, 11) is 0. The number of nitrogens with two attached hydrogens (primary N) is 1. The molecule has 4 heteroatoms. The fraction of sp³-hybridized carbons (Fsp3) is 0.588. The van der Waals surface area contributed by atoms with E-state index in [0.29, 0.717) is 12.1 Å². The SMILES string of the molecule is CCC(CC)(CN)NC(=O)c1ccc(OCC2CC2)cc1. The average Bonchev–Trinajstić information content (AvgIpc) is 3.35. The van der Waals surface area contributed by atoms with E-state index in [4.69, 9.17) is 10.5 Å². The van der Waals surface area contributed by atoms with Crippen LogP contribution in [-0.4, -0.2) is 24.6 Å². The Morgan fingerprint density at radius 1 is 1.29 bits per heavy atom. The van der Waals surface area contributed by atoms with E-state index in [-0.39, 0.29) is 11.4 Å². The molecule has 0 bridgehead atoms. The molecule has 0 atom stereocenters. The highest BCUT2D eigenvalue weighted by Crippen LogP contribution is 2.29. The van der Waals surface area contributed by atoms with Crippen LogP contribution >= 0.6 is 0 Å². The lowest BCUT2D eigenvalue weighted by molar-refractivity contribution is 0.0895. The van der Waals surface area contributed by atoms with E-state index in [1.165, 1.54) is 12.8 Å². The Hall–Kier alpha value is -1.55. The lowest BCUT2D eigenvalue weighted by atomic mass is 9.92.